The highest BCUT2D eigenvalue weighted by Crippen LogP contribution is 2.07. The quantitative estimate of drug-likeness (QED) is 0.865. The van der Waals surface area contributed by atoms with E-state index in [0.29, 0.717) is 0 Å². The number of aryl methyl sites for hydroxylation is 1. The molecule has 1 rings (SSSR count). The van der Waals surface area contributed by atoms with Crippen molar-refractivity contribution in [3.8, 4) is 0 Å². The number of unbranched alkanes of at least 4 members (excludes halogenated alkanes) is 1. The molecular weight excluding hydrogens is 238 g/mol. The predicted octanol–water partition coefficient (Wildman–Crippen LogP) is 4.18. The molecule has 0 aliphatic heterocycles. The summed E-state index contributed by atoms with van der Waals surface area (Å²) in [6.45, 7) is 2.23. The van der Waals surface area contributed by atoms with Crippen LogP contribution in [0.25, 0.3) is 0 Å². The molecule has 88 valence electrons. The molecule has 0 aromatic carbocycles. The van der Waals surface area contributed by atoms with Gasteiger partial charge < -0.3 is 0 Å². The van der Waals surface area contributed by atoms with Crippen molar-refractivity contribution >= 4 is 22.8 Å². The summed E-state index contributed by atoms with van der Waals surface area (Å²) in [5.74, 6) is 0. The predicted molar refractivity (Wildman–Crippen MR) is 71.4 cm³/mol. The standard InChI is InChI=1S/C12H16S.HNOS/c1-2-3-9-12-10-7-5-4-6-8-11-13-12;1-3-2/h4-8,10-11H,2-3,9H2,1H3;1H. The van der Waals surface area contributed by atoms with Crippen LogP contribution < -0.4 is 0 Å². The zero-order valence-corrected chi connectivity index (χ0v) is 11.0. The lowest BCUT2D eigenvalue weighted by Gasteiger charge is -1.93. The Morgan fingerprint density at radius 1 is 1.25 bits per heavy atom. The van der Waals surface area contributed by atoms with E-state index in [9.17, 15) is 0 Å². The maximum atomic E-state index is 8.51. The van der Waals surface area contributed by atoms with Crippen LogP contribution >= 0.6 is 11.3 Å². The Bertz CT molecular complexity index is 332. The number of hydrogen-bond donors (Lipinski definition) is 1. The van der Waals surface area contributed by atoms with E-state index in [2.05, 4.69) is 48.7 Å². The Morgan fingerprint density at radius 2 is 1.88 bits per heavy atom. The summed E-state index contributed by atoms with van der Waals surface area (Å²) in [5.41, 5.74) is 0. The van der Waals surface area contributed by atoms with Gasteiger partial charge in [0.25, 0.3) is 0 Å². The van der Waals surface area contributed by atoms with Crippen LogP contribution in [0.15, 0.2) is 41.8 Å². The van der Waals surface area contributed by atoms with Gasteiger partial charge in [0, 0.05) is 4.88 Å². The minimum Gasteiger partial charge on any atom is -0.210 e. The third-order valence-electron chi connectivity index (χ3n) is 1.80. The van der Waals surface area contributed by atoms with Gasteiger partial charge in [0.05, 0.1) is 0 Å². The van der Waals surface area contributed by atoms with Gasteiger partial charge in [-0.1, -0.05) is 43.7 Å². The van der Waals surface area contributed by atoms with E-state index in [1.807, 2.05) is 11.3 Å². The van der Waals surface area contributed by atoms with Gasteiger partial charge in [-0.25, -0.2) is 4.78 Å². The summed E-state index contributed by atoms with van der Waals surface area (Å²) in [6, 6.07) is 12.6. The highest BCUT2D eigenvalue weighted by Gasteiger charge is 1.87. The summed E-state index contributed by atoms with van der Waals surface area (Å²) in [7, 11) is 0. The normalized spacial score (nSPS) is 8.31. The molecule has 1 heterocycles. The molecule has 0 fully saturated rings. The van der Waals surface area contributed by atoms with Crippen LogP contribution in [0.2, 0.25) is 0 Å². The maximum absolute atomic E-state index is 8.51. The average Bonchev–Trinajstić information content (AvgIpc) is 2.41. The van der Waals surface area contributed by atoms with Crippen molar-refractivity contribution in [1.82, 2.24) is 0 Å². The van der Waals surface area contributed by atoms with Crippen molar-refractivity contribution < 1.29 is 4.21 Å². The Labute approximate surface area is 105 Å². The van der Waals surface area contributed by atoms with Crippen molar-refractivity contribution in [2.24, 2.45) is 0 Å². The van der Waals surface area contributed by atoms with Gasteiger partial charge in [-0.15, -0.1) is 11.3 Å². The van der Waals surface area contributed by atoms with Crippen molar-refractivity contribution in [2.45, 2.75) is 26.2 Å². The van der Waals surface area contributed by atoms with Crippen molar-refractivity contribution in [3.63, 3.8) is 0 Å². The highest BCUT2D eigenvalue weighted by atomic mass is 32.1. The molecule has 0 bridgehead atoms. The number of nitrogens with one attached hydrogen (secondary N) is 1. The molecule has 0 spiro atoms. The Balaban J connectivity index is 0.000000673. The average molecular weight is 255 g/mol. The molecule has 0 saturated carbocycles. The zero-order valence-electron chi connectivity index (χ0n) is 9.39. The monoisotopic (exact) mass is 255 g/mol. The fraction of sp³-hybridized carbons (Fsp3) is 0.333. The lowest BCUT2D eigenvalue weighted by atomic mass is 10.2. The van der Waals surface area contributed by atoms with E-state index in [-0.39, 0.29) is 11.5 Å². The molecule has 0 saturated heterocycles. The Morgan fingerprint density at radius 3 is 2.56 bits per heavy atom. The molecule has 1 N–H and O–H groups in total. The summed E-state index contributed by atoms with van der Waals surface area (Å²) in [5, 5.41) is 2.14. The second kappa shape index (κ2) is 12.1. The van der Waals surface area contributed by atoms with Gasteiger partial charge in [-0.2, -0.15) is 4.21 Å². The van der Waals surface area contributed by atoms with Crippen LogP contribution in [0.5, 0.6) is 0 Å². The molecule has 4 heteroatoms. The lowest BCUT2D eigenvalue weighted by molar-refractivity contribution is 0.697. The molecule has 0 unspecified atom stereocenters. The Kier molecular flexibility index (Phi) is 11.3. The maximum Gasteiger partial charge on any atom is 0.196 e. The highest BCUT2D eigenvalue weighted by molar-refractivity contribution is 7.53. The fourth-order valence-corrected chi connectivity index (χ4v) is 1.82. The van der Waals surface area contributed by atoms with E-state index < -0.39 is 0 Å². The minimum atomic E-state index is -0.250. The molecule has 0 amide bonds. The number of rotatable bonds is 3. The van der Waals surface area contributed by atoms with Gasteiger partial charge in [0.1, 0.15) is 0 Å². The smallest absolute Gasteiger partial charge is 0.196 e. The first-order valence-corrected chi connectivity index (χ1v) is 6.78. The summed E-state index contributed by atoms with van der Waals surface area (Å²) >= 11 is 1.58. The second-order valence-corrected chi connectivity index (χ2v) is 4.23. The van der Waals surface area contributed by atoms with E-state index in [0.717, 1.165) is 0 Å². The molecule has 0 aliphatic rings. The summed E-state index contributed by atoms with van der Waals surface area (Å²) in [4.78, 5) is 1.46. The van der Waals surface area contributed by atoms with Crippen LogP contribution in [-0.2, 0) is 17.9 Å². The third kappa shape index (κ3) is 9.55. The third-order valence-corrected chi connectivity index (χ3v) is 2.74. The fourth-order valence-electron chi connectivity index (χ4n) is 1.06. The van der Waals surface area contributed by atoms with Crippen molar-refractivity contribution in [2.75, 3.05) is 0 Å². The van der Waals surface area contributed by atoms with E-state index in [1.165, 1.54) is 24.1 Å². The molecular formula is C12H17NOS2. The molecule has 0 radical (unpaired) electrons. The van der Waals surface area contributed by atoms with Gasteiger partial charge in [-0.3, -0.25) is 0 Å². The zero-order chi connectivity index (χ0) is 12.1. The lowest BCUT2D eigenvalue weighted by Crippen LogP contribution is -1.77. The van der Waals surface area contributed by atoms with Crippen LogP contribution in [0.4, 0.5) is 0 Å². The second-order valence-electron chi connectivity index (χ2n) is 3.04. The molecule has 16 heavy (non-hydrogen) atoms. The minimum absolute atomic E-state index is 0.250. The van der Waals surface area contributed by atoms with Gasteiger partial charge >= 0.3 is 0 Å². The number of hydrogen-bond acceptors (Lipinski definition) is 3. The first-order valence-electron chi connectivity index (χ1n) is 5.16. The van der Waals surface area contributed by atoms with Crippen LogP contribution in [0.3, 0.4) is 0 Å². The summed E-state index contributed by atoms with van der Waals surface area (Å²) < 4.78 is 14.1. The van der Waals surface area contributed by atoms with Crippen molar-refractivity contribution in [3.05, 3.63) is 46.7 Å². The van der Waals surface area contributed by atoms with Crippen LogP contribution in [0, 0.1) is 4.78 Å². The van der Waals surface area contributed by atoms with Crippen LogP contribution in [0.1, 0.15) is 24.6 Å². The van der Waals surface area contributed by atoms with E-state index in [1.54, 1.807) is 0 Å². The molecule has 1 aromatic rings. The summed E-state index contributed by atoms with van der Waals surface area (Å²) in [6.07, 6.45) is 3.76. The van der Waals surface area contributed by atoms with Gasteiger partial charge in [0.15, 0.2) is 11.5 Å². The molecule has 1 aromatic heterocycles. The SMILES string of the molecule is CCCCc1cccccccs1.N=S=O. The van der Waals surface area contributed by atoms with E-state index in [4.69, 9.17) is 8.99 Å². The van der Waals surface area contributed by atoms with Crippen molar-refractivity contribution in [1.29, 1.82) is 4.78 Å². The van der Waals surface area contributed by atoms with E-state index >= 15 is 0 Å². The first kappa shape index (κ1) is 15.0. The Hall–Kier alpha value is -1.00. The van der Waals surface area contributed by atoms with Crippen LogP contribution in [-0.4, -0.2) is 4.21 Å². The molecule has 0 atom stereocenters. The topological polar surface area (TPSA) is 40.9 Å². The molecule has 0 aliphatic carbocycles. The van der Waals surface area contributed by atoms with Gasteiger partial charge in [0.2, 0.25) is 0 Å². The van der Waals surface area contributed by atoms with Gasteiger partial charge in [-0.05, 0) is 24.3 Å². The first-order chi connectivity index (χ1) is 7.85. The molecule has 2 nitrogen and oxygen atoms in total. The largest absolute Gasteiger partial charge is 0.210 e.